The first-order chi connectivity index (χ1) is 10.3. The molecule has 2 aromatic carbocycles. The fraction of sp³-hybridized carbons (Fsp3) is 0.0588. The summed E-state index contributed by atoms with van der Waals surface area (Å²) in [4.78, 5) is 0. The molecule has 0 bridgehead atoms. The van der Waals surface area contributed by atoms with Crippen LogP contribution in [0.4, 0.5) is 0 Å². The summed E-state index contributed by atoms with van der Waals surface area (Å²) in [5.74, 6) is 0. The average Bonchev–Trinajstić information content (AvgIpc) is 3.11. The number of hydrogen-bond donors (Lipinski definition) is 0. The van der Waals surface area contributed by atoms with Crippen LogP contribution >= 0.6 is 0 Å². The number of para-hydroxylation sites is 2. The fourth-order valence-electron chi connectivity index (χ4n) is 2.56. The van der Waals surface area contributed by atoms with Crippen molar-refractivity contribution in [2.24, 2.45) is 0 Å². The molecule has 21 heavy (non-hydrogen) atoms. The van der Waals surface area contributed by atoms with Crippen LogP contribution in [-0.2, 0) is 0 Å². The van der Waals surface area contributed by atoms with E-state index in [0.717, 1.165) is 28.1 Å². The van der Waals surface area contributed by atoms with Gasteiger partial charge in [0.05, 0.1) is 28.7 Å². The Morgan fingerprint density at radius 3 is 1.95 bits per heavy atom. The first kappa shape index (κ1) is 11.9. The highest BCUT2D eigenvalue weighted by Crippen LogP contribution is 2.23. The predicted molar refractivity (Wildman–Crippen MR) is 82.9 cm³/mol. The highest BCUT2D eigenvalue weighted by atomic mass is 15.4. The van der Waals surface area contributed by atoms with E-state index in [9.17, 15) is 0 Å². The maximum absolute atomic E-state index is 4.66. The molecule has 0 amide bonds. The van der Waals surface area contributed by atoms with Crippen LogP contribution in [0, 0.1) is 6.92 Å². The Balaban J connectivity index is 2.03. The van der Waals surface area contributed by atoms with Crippen molar-refractivity contribution in [3.63, 3.8) is 0 Å². The molecule has 0 saturated carbocycles. The normalized spacial score (nSPS) is 11.1. The third-order valence-electron chi connectivity index (χ3n) is 3.59. The molecule has 0 N–H and O–H groups in total. The minimum atomic E-state index is 0.982. The lowest BCUT2D eigenvalue weighted by Crippen LogP contribution is -2.04. The molecule has 0 aliphatic carbocycles. The standard InChI is InChI=1S/C17H14N4/c1-13-16-12-18-20(14-8-4-2-5-9-14)17(16)21(19-13)15-10-6-3-7-11-15/h2-12H,1H3. The Hall–Kier alpha value is -2.88. The van der Waals surface area contributed by atoms with Gasteiger partial charge in [-0.1, -0.05) is 36.4 Å². The summed E-state index contributed by atoms with van der Waals surface area (Å²) in [7, 11) is 0. The number of hydrogen-bond acceptors (Lipinski definition) is 2. The smallest absolute Gasteiger partial charge is 0.166 e. The topological polar surface area (TPSA) is 35.6 Å². The Morgan fingerprint density at radius 2 is 1.33 bits per heavy atom. The molecule has 0 saturated heterocycles. The van der Waals surface area contributed by atoms with E-state index >= 15 is 0 Å². The largest absolute Gasteiger partial charge is 0.215 e. The van der Waals surface area contributed by atoms with Crippen molar-refractivity contribution in [2.75, 3.05) is 0 Å². The predicted octanol–water partition coefficient (Wildman–Crippen LogP) is 3.52. The minimum Gasteiger partial charge on any atom is -0.215 e. The number of benzene rings is 2. The average molecular weight is 274 g/mol. The van der Waals surface area contributed by atoms with Crippen LogP contribution in [0.5, 0.6) is 0 Å². The fourth-order valence-corrected chi connectivity index (χ4v) is 2.56. The number of fused-ring (bicyclic) bond motifs is 1. The van der Waals surface area contributed by atoms with E-state index in [2.05, 4.69) is 10.2 Å². The Labute approximate surface area is 122 Å². The molecule has 0 aliphatic heterocycles. The van der Waals surface area contributed by atoms with Crippen molar-refractivity contribution >= 4 is 11.0 Å². The molecule has 0 aliphatic rings. The lowest BCUT2D eigenvalue weighted by Gasteiger charge is -2.06. The van der Waals surface area contributed by atoms with E-state index in [0.29, 0.717) is 0 Å². The zero-order valence-corrected chi connectivity index (χ0v) is 11.6. The summed E-state index contributed by atoms with van der Waals surface area (Å²) >= 11 is 0. The second-order valence-electron chi connectivity index (χ2n) is 4.96. The van der Waals surface area contributed by atoms with Gasteiger partial charge < -0.3 is 0 Å². The molecule has 0 spiro atoms. The van der Waals surface area contributed by atoms with Crippen molar-refractivity contribution < 1.29 is 0 Å². The summed E-state index contributed by atoms with van der Waals surface area (Å²) < 4.78 is 3.88. The zero-order valence-electron chi connectivity index (χ0n) is 11.6. The van der Waals surface area contributed by atoms with Crippen LogP contribution < -0.4 is 0 Å². The van der Waals surface area contributed by atoms with Gasteiger partial charge in [0.1, 0.15) is 0 Å². The Bertz CT molecular complexity index is 889. The molecular formula is C17H14N4. The van der Waals surface area contributed by atoms with Gasteiger partial charge in [-0.15, -0.1) is 0 Å². The van der Waals surface area contributed by atoms with Gasteiger partial charge in [0.2, 0.25) is 0 Å². The monoisotopic (exact) mass is 274 g/mol. The summed E-state index contributed by atoms with van der Waals surface area (Å²) in [6.07, 6.45) is 1.88. The van der Waals surface area contributed by atoms with Crippen LogP contribution in [0.2, 0.25) is 0 Å². The van der Waals surface area contributed by atoms with E-state index in [1.54, 1.807) is 0 Å². The van der Waals surface area contributed by atoms with Crippen molar-refractivity contribution in [3.8, 4) is 11.4 Å². The van der Waals surface area contributed by atoms with Crippen molar-refractivity contribution in [1.29, 1.82) is 0 Å². The van der Waals surface area contributed by atoms with Gasteiger partial charge in [-0.25, -0.2) is 9.36 Å². The zero-order chi connectivity index (χ0) is 14.2. The second-order valence-corrected chi connectivity index (χ2v) is 4.96. The third-order valence-corrected chi connectivity index (χ3v) is 3.59. The lowest BCUT2D eigenvalue weighted by molar-refractivity contribution is 0.814. The van der Waals surface area contributed by atoms with E-state index < -0.39 is 0 Å². The van der Waals surface area contributed by atoms with Gasteiger partial charge >= 0.3 is 0 Å². The van der Waals surface area contributed by atoms with Gasteiger partial charge in [-0.3, -0.25) is 0 Å². The van der Waals surface area contributed by atoms with E-state index in [1.165, 1.54) is 0 Å². The quantitative estimate of drug-likeness (QED) is 0.560. The van der Waals surface area contributed by atoms with Crippen LogP contribution in [0.3, 0.4) is 0 Å². The molecule has 102 valence electrons. The van der Waals surface area contributed by atoms with Crippen molar-refractivity contribution in [3.05, 3.63) is 72.6 Å². The summed E-state index contributed by atoms with van der Waals surface area (Å²) in [5.41, 5.74) is 4.04. The molecule has 4 aromatic rings. The SMILES string of the molecule is Cc1nn(-c2ccccc2)c2c1cnn2-c1ccccc1. The Morgan fingerprint density at radius 1 is 0.762 bits per heavy atom. The molecule has 0 atom stereocenters. The number of aromatic nitrogens is 4. The van der Waals surface area contributed by atoms with Crippen LogP contribution in [0.15, 0.2) is 66.9 Å². The van der Waals surface area contributed by atoms with E-state index in [4.69, 9.17) is 0 Å². The minimum absolute atomic E-state index is 0.982. The summed E-state index contributed by atoms with van der Waals surface area (Å²) in [6.45, 7) is 2.01. The first-order valence-corrected chi connectivity index (χ1v) is 6.89. The van der Waals surface area contributed by atoms with E-state index in [1.807, 2.05) is 83.1 Å². The summed E-state index contributed by atoms with van der Waals surface area (Å²) in [5, 5.41) is 10.3. The van der Waals surface area contributed by atoms with Crippen molar-refractivity contribution in [2.45, 2.75) is 6.92 Å². The first-order valence-electron chi connectivity index (χ1n) is 6.89. The van der Waals surface area contributed by atoms with Crippen molar-refractivity contribution in [1.82, 2.24) is 19.6 Å². The highest BCUT2D eigenvalue weighted by molar-refractivity contribution is 5.81. The lowest BCUT2D eigenvalue weighted by atomic mass is 10.3. The van der Waals surface area contributed by atoms with Gasteiger partial charge in [-0.2, -0.15) is 10.2 Å². The van der Waals surface area contributed by atoms with Crippen LogP contribution in [0.25, 0.3) is 22.4 Å². The van der Waals surface area contributed by atoms with Gasteiger partial charge in [0, 0.05) is 0 Å². The second kappa shape index (κ2) is 4.59. The number of rotatable bonds is 2. The Kier molecular flexibility index (Phi) is 2.60. The van der Waals surface area contributed by atoms with Crippen LogP contribution in [0.1, 0.15) is 5.69 Å². The van der Waals surface area contributed by atoms with Gasteiger partial charge in [0.25, 0.3) is 0 Å². The molecule has 4 nitrogen and oxygen atoms in total. The maximum Gasteiger partial charge on any atom is 0.166 e. The van der Waals surface area contributed by atoms with Gasteiger partial charge in [0.15, 0.2) is 5.65 Å². The molecule has 2 heterocycles. The molecule has 0 radical (unpaired) electrons. The summed E-state index contributed by atoms with van der Waals surface area (Å²) in [6, 6.07) is 20.3. The van der Waals surface area contributed by atoms with Gasteiger partial charge in [-0.05, 0) is 31.2 Å². The van der Waals surface area contributed by atoms with Crippen LogP contribution in [-0.4, -0.2) is 19.6 Å². The molecule has 2 aromatic heterocycles. The third kappa shape index (κ3) is 1.84. The maximum atomic E-state index is 4.66. The molecule has 4 heteroatoms. The molecule has 0 fully saturated rings. The number of aryl methyl sites for hydroxylation is 1. The molecule has 0 unspecified atom stereocenters. The molecule has 4 rings (SSSR count). The highest BCUT2D eigenvalue weighted by Gasteiger charge is 2.15. The van der Waals surface area contributed by atoms with E-state index in [-0.39, 0.29) is 0 Å². The molecular weight excluding hydrogens is 260 g/mol. The number of nitrogens with zero attached hydrogens (tertiary/aromatic N) is 4.